The van der Waals surface area contributed by atoms with Crippen molar-refractivity contribution < 1.29 is 14.6 Å². The molecular formula is C19H33NO3. The SMILES string of the molecule is COC1CCN(CC(O)COCC2=CCC3CC2C3(C)C)CC1. The summed E-state index contributed by atoms with van der Waals surface area (Å²) in [6, 6.07) is 0. The number of hydrogen-bond donors (Lipinski definition) is 1. The first kappa shape index (κ1) is 17.4. The zero-order chi connectivity index (χ0) is 16.4. The lowest BCUT2D eigenvalue weighted by atomic mass is 9.49. The second kappa shape index (κ2) is 7.22. The third kappa shape index (κ3) is 3.81. The fourth-order valence-electron chi connectivity index (χ4n) is 4.63. The second-order valence-corrected chi connectivity index (χ2v) is 8.23. The molecule has 1 saturated carbocycles. The maximum atomic E-state index is 10.2. The highest BCUT2D eigenvalue weighted by atomic mass is 16.5. The van der Waals surface area contributed by atoms with Crippen molar-refractivity contribution in [2.75, 3.05) is 40.0 Å². The van der Waals surface area contributed by atoms with E-state index in [1.54, 1.807) is 7.11 Å². The predicted molar refractivity (Wildman–Crippen MR) is 91.4 cm³/mol. The van der Waals surface area contributed by atoms with Gasteiger partial charge in [-0.2, -0.15) is 0 Å². The zero-order valence-electron chi connectivity index (χ0n) is 15.0. The lowest BCUT2D eigenvalue weighted by Crippen LogP contribution is -2.48. The van der Waals surface area contributed by atoms with E-state index in [0.29, 0.717) is 37.2 Å². The molecule has 3 atom stereocenters. The molecule has 0 aromatic rings. The van der Waals surface area contributed by atoms with E-state index in [1.807, 2.05) is 0 Å². The first-order chi connectivity index (χ1) is 11.0. The summed E-state index contributed by atoms with van der Waals surface area (Å²) in [5, 5.41) is 10.2. The Labute approximate surface area is 140 Å². The molecule has 0 aromatic heterocycles. The zero-order valence-corrected chi connectivity index (χ0v) is 15.0. The van der Waals surface area contributed by atoms with E-state index < -0.39 is 0 Å². The van der Waals surface area contributed by atoms with Crippen LogP contribution in [0.1, 0.15) is 39.5 Å². The van der Waals surface area contributed by atoms with Gasteiger partial charge in [-0.25, -0.2) is 0 Å². The van der Waals surface area contributed by atoms with Crippen LogP contribution >= 0.6 is 0 Å². The number of methoxy groups -OCH3 is 1. The largest absolute Gasteiger partial charge is 0.389 e. The number of allylic oxidation sites excluding steroid dienone is 1. The predicted octanol–water partition coefficient (Wildman–Crippen LogP) is 2.47. The molecule has 4 rings (SSSR count). The Hall–Kier alpha value is -0.420. The van der Waals surface area contributed by atoms with Crippen molar-refractivity contribution in [2.24, 2.45) is 17.3 Å². The Morgan fingerprint density at radius 3 is 2.70 bits per heavy atom. The Kier molecular flexibility index (Phi) is 5.46. The molecule has 4 aliphatic rings. The minimum absolute atomic E-state index is 0.388. The van der Waals surface area contributed by atoms with Crippen molar-refractivity contribution in [3.63, 3.8) is 0 Å². The summed E-state index contributed by atoms with van der Waals surface area (Å²) in [5.74, 6) is 1.57. The Balaban J connectivity index is 1.34. The van der Waals surface area contributed by atoms with Crippen LogP contribution < -0.4 is 0 Å². The number of β-amino-alcohol motifs (C(OH)–C–C–N with tert-alkyl or cyclic N) is 1. The summed E-state index contributed by atoms with van der Waals surface area (Å²) in [6.45, 7) is 8.65. The highest BCUT2D eigenvalue weighted by molar-refractivity contribution is 5.23. The Morgan fingerprint density at radius 1 is 1.35 bits per heavy atom. The summed E-state index contributed by atoms with van der Waals surface area (Å²) in [7, 11) is 1.79. The van der Waals surface area contributed by atoms with E-state index in [4.69, 9.17) is 9.47 Å². The quantitative estimate of drug-likeness (QED) is 0.731. The van der Waals surface area contributed by atoms with Crippen molar-refractivity contribution in [1.82, 2.24) is 4.90 Å². The number of hydrogen-bond acceptors (Lipinski definition) is 4. The van der Waals surface area contributed by atoms with Crippen molar-refractivity contribution in [3.05, 3.63) is 11.6 Å². The van der Waals surface area contributed by atoms with E-state index in [2.05, 4.69) is 24.8 Å². The third-order valence-corrected chi connectivity index (χ3v) is 6.50. The Morgan fingerprint density at radius 2 is 2.09 bits per heavy atom. The van der Waals surface area contributed by atoms with Crippen LogP contribution in [0.4, 0.5) is 0 Å². The summed E-state index contributed by atoms with van der Waals surface area (Å²) in [5.41, 5.74) is 1.92. The molecule has 1 N–H and O–H groups in total. The summed E-state index contributed by atoms with van der Waals surface area (Å²) < 4.78 is 11.2. The van der Waals surface area contributed by atoms with Crippen LogP contribution in [-0.4, -0.2) is 62.2 Å². The molecule has 4 nitrogen and oxygen atoms in total. The highest BCUT2D eigenvalue weighted by Crippen LogP contribution is 2.59. The average Bonchev–Trinajstić information content (AvgIpc) is 2.55. The van der Waals surface area contributed by atoms with Crippen LogP contribution in [0.25, 0.3) is 0 Å². The number of fused-ring (bicyclic) bond motifs is 1. The fraction of sp³-hybridized carbons (Fsp3) is 0.895. The van der Waals surface area contributed by atoms with Gasteiger partial charge in [-0.1, -0.05) is 19.9 Å². The molecule has 1 heterocycles. The number of ether oxygens (including phenoxy) is 2. The molecule has 0 aromatic carbocycles. The van der Waals surface area contributed by atoms with Gasteiger partial charge in [-0.05, 0) is 48.5 Å². The molecule has 4 heteroatoms. The molecule has 0 amide bonds. The smallest absolute Gasteiger partial charge is 0.0900 e. The normalized spacial score (nSPS) is 32.3. The van der Waals surface area contributed by atoms with Crippen LogP contribution in [-0.2, 0) is 9.47 Å². The second-order valence-electron chi connectivity index (χ2n) is 8.23. The summed E-state index contributed by atoms with van der Waals surface area (Å²) in [6.07, 6.45) is 7.06. The molecule has 2 fully saturated rings. The van der Waals surface area contributed by atoms with E-state index in [9.17, 15) is 5.11 Å². The van der Waals surface area contributed by atoms with Gasteiger partial charge in [0.2, 0.25) is 0 Å². The number of likely N-dealkylation sites (tertiary alicyclic amines) is 1. The van der Waals surface area contributed by atoms with Gasteiger partial charge in [-0.15, -0.1) is 0 Å². The lowest BCUT2D eigenvalue weighted by Gasteiger charge is -2.56. The number of nitrogens with zero attached hydrogens (tertiary/aromatic N) is 1. The van der Waals surface area contributed by atoms with Crippen molar-refractivity contribution >= 4 is 0 Å². The Bertz CT molecular complexity index is 426. The van der Waals surface area contributed by atoms with E-state index in [1.165, 1.54) is 18.4 Å². The van der Waals surface area contributed by atoms with Crippen molar-refractivity contribution in [2.45, 2.75) is 51.7 Å². The molecule has 0 spiro atoms. The van der Waals surface area contributed by atoms with Gasteiger partial charge in [-0.3, -0.25) is 0 Å². The molecule has 3 unspecified atom stereocenters. The van der Waals surface area contributed by atoms with Gasteiger partial charge in [0.05, 0.1) is 25.4 Å². The number of aliphatic hydroxyl groups is 1. The van der Waals surface area contributed by atoms with Crippen LogP contribution in [0.5, 0.6) is 0 Å². The molecule has 2 bridgehead atoms. The summed E-state index contributed by atoms with van der Waals surface area (Å²) >= 11 is 0. The van der Waals surface area contributed by atoms with E-state index in [0.717, 1.165) is 31.8 Å². The third-order valence-electron chi connectivity index (χ3n) is 6.50. The van der Waals surface area contributed by atoms with Crippen LogP contribution in [0.2, 0.25) is 0 Å². The maximum absolute atomic E-state index is 10.2. The first-order valence-electron chi connectivity index (χ1n) is 9.20. The molecule has 0 radical (unpaired) electrons. The van der Waals surface area contributed by atoms with Gasteiger partial charge in [0, 0.05) is 26.7 Å². The summed E-state index contributed by atoms with van der Waals surface area (Å²) in [4.78, 5) is 2.32. The van der Waals surface area contributed by atoms with Crippen molar-refractivity contribution in [3.8, 4) is 0 Å². The minimum atomic E-state index is -0.388. The van der Waals surface area contributed by atoms with Crippen LogP contribution in [0.15, 0.2) is 11.6 Å². The maximum Gasteiger partial charge on any atom is 0.0900 e. The molecule has 1 saturated heterocycles. The molecular weight excluding hydrogens is 290 g/mol. The highest BCUT2D eigenvalue weighted by Gasteiger charge is 2.50. The van der Waals surface area contributed by atoms with Gasteiger partial charge in [0.1, 0.15) is 0 Å². The van der Waals surface area contributed by atoms with Gasteiger partial charge in [0.15, 0.2) is 0 Å². The topological polar surface area (TPSA) is 41.9 Å². The van der Waals surface area contributed by atoms with Gasteiger partial charge < -0.3 is 19.5 Å². The number of rotatable bonds is 7. The average molecular weight is 323 g/mol. The van der Waals surface area contributed by atoms with E-state index >= 15 is 0 Å². The number of aliphatic hydroxyl groups excluding tert-OH is 1. The molecule has 132 valence electrons. The van der Waals surface area contributed by atoms with Crippen molar-refractivity contribution in [1.29, 1.82) is 0 Å². The number of piperidine rings is 1. The van der Waals surface area contributed by atoms with E-state index in [-0.39, 0.29) is 6.10 Å². The van der Waals surface area contributed by atoms with Gasteiger partial charge >= 0.3 is 0 Å². The fourth-order valence-corrected chi connectivity index (χ4v) is 4.63. The standard InChI is InChI=1S/C19H33NO3/c1-19(2)15-5-4-14(18(19)10-15)12-23-13-16(21)11-20-8-6-17(22-3)7-9-20/h4,15-18,21H,5-13H2,1-3H3. The van der Waals surface area contributed by atoms with Crippen LogP contribution in [0.3, 0.4) is 0 Å². The minimum Gasteiger partial charge on any atom is -0.389 e. The lowest BCUT2D eigenvalue weighted by molar-refractivity contribution is -0.0291. The monoisotopic (exact) mass is 323 g/mol. The van der Waals surface area contributed by atoms with Gasteiger partial charge in [0.25, 0.3) is 0 Å². The molecule has 23 heavy (non-hydrogen) atoms. The van der Waals surface area contributed by atoms with Crippen LogP contribution in [0, 0.1) is 17.3 Å². The molecule has 3 aliphatic carbocycles. The first-order valence-corrected chi connectivity index (χ1v) is 9.20. The molecule has 1 aliphatic heterocycles.